The molecule has 5 aromatic rings. The Kier molecular flexibility index (Phi) is 14.3. The summed E-state index contributed by atoms with van der Waals surface area (Å²) < 4.78 is 0. The molecule has 5 rings (SSSR count). The van der Waals surface area contributed by atoms with Crippen molar-refractivity contribution in [2.75, 3.05) is 29.9 Å². The third kappa shape index (κ3) is 10.8. The van der Waals surface area contributed by atoms with Gasteiger partial charge >= 0.3 is 5.69 Å². The van der Waals surface area contributed by atoms with Gasteiger partial charge in [0.05, 0.1) is 22.3 Å². The normalized spacial score (nSPS) is 12.4. The van der Waals surface area contributed by atoms with Gasteiger partial charge in [0.15, 0.2) is 0 Å². The molecule has 0 fully saturated rings. The first-order valence-electron chi connectivity index (χ1n) is 17.8. The summed E-state index contributed by atoms with van der Waals surface area (Å²) in [5, 5.41) is 25.3. The maximum atomic E-state index is 14.0. The van der Waals surface area contributed by atoms with Crippen LogP contribution >= 0.6 is 12.6 Å². The third-order valence-corrected chi connectivity index (χ3v) is 9.42. The number of nitrogen functional groups attached to an aromatic ring is 1. The zero-order chi connectivity index (χ0) is 40.0. The molecule has 14 nitrogen and oxygen atoms in total. The van der Waals surface area contributed by atoms with Crippen molar-refractivity contribution in [1.29, 1.82) is 0 Å². The minimum atomic E-state index is -1.08. The van der Waals surface area contributed by atoms with Crippen molar-refractivity contribution in [3.8, 4) is 22.3 Å². The van der Waals surface area contributed by atoms with E-state index in [1.807, 2.05) is 109 Å². The van der Waals surface area contributed by atoms with Crippen molar-refractivity contribution in [2.45, 2.75) is 31.0 Å². The fraction of sp³-hybridized carbons (Fsp3) is 0.195. The van der Waals surface area contributed by atoms with E-state index < -0.39 is 52.1 Å². The van der Waals surface area contributed by atoms with Crippen LogP contribution in [0.5, 0.6) is 0 Å². The van der Waals surface area contributed by atoms with Crippen LogP contribution < -0.4 is 32.7 Å². The first-order chi connectivity index (χ1) is 27.1. The molecule has 56 heavy (non-hydrogen) atoms. The van der Waals surface area contributed by atoms with Gasteiger partial charge in [0.1, 0.15) is 12.1 Å². The Morgan fingerprint density at radius 1 is 0.679 bits per heavy atom. The van der Waals surface area contributed by atoms with Gasteiger partial charge in [-0.1, -0.05) is 109 Å². The number of thiol groups is 1. The summed E-state index contributed by atoms with van der Waals surface area (Å²) in [5.41, 5.74) is 16.4. The van der Waals surface area contributed by atoms with Crippen LogP contribution in [0, 0.1) is 15.0 Å². The Bertz CT molecular complexity index is 2140. The standard InChI is InChI=1S/C41H42N8O6S/c42-32(25-56)39(50)46-35(24-27-13-17-31(18-14-27)29-9-5-2-6-10-29)41(52)47-34(23-26-11-15-30(16-12-26)28-7-3-1-4-8-28)40(51)45-22-21-44-33-19-20-36(49(54)55)38(48-53)37(33)43/h1-20,32,34-35,44,56H,21-25,42-43H2,(H,45,51)(H,46,50)(H,47,52). The van der Waals surface area contributed by atoms with Gasteiger partial charge in [0.2, 0.25) is 23.4 Å². The van der Waals surface area contributed by atoms with Crippen LogP contribution in [0.3, 0.4) is 0 Å². The maximum Gasteiger partial charge on any atom is 0.300 e. The zero-order valence-corrected chi connectivity index (χ0v) is 31.2. The highest BCUT2D eigenvalue weighted by atomic mass is 32.1. The smallest absolute Gasteiger partial charge is 0.300 e. The Hall–Kier alpha value is -6.58. The SMILES string of the molecule is Nc1c(NCCNC(=O)C(Cc2ccc(-c3ccccc3)cc2)NC(=O)C(Cc2ccc(-c3ccccc3)cc2)NC(=O)C(N)CS)ccc([N+](=O)[O-])c1N=O. The summed E-state index contributed by atoms with van der Waals surface area (Å²) in [7, 11) is 0. The highest BCUT2D eigenvalue weighted by molar-refractivity contribution is 7.80. The van der Waals surface area contributed by atoms with Gasteiger partial charge in [-0.15, -0.1) is 4.91 Å². The number of hydrogen-bond donors (Lipinski definition) is 7. The minimum Gasteiger partial charge on any atom is -0.395 e. The molecule has 0 aromatic heterocycles. The maximum absolute atomic E-state index is 14.0. The monoisotopic (exact) mass is 774 g/mol. The van der Waals surface area contributed by atoms with E-state index >= 15 is 0 Å². The number of rotatable bonds is 18. The molecule has 0 spiro atoms. The quantitative estimate of drug-likeness (QED) is 0.0156. The molecular weight excluding hydrogens is 733 g/mol. The molecule has 3 unspecified atom stereocenters. The van der Waals surface area contributed by atoms with E-state index in [0.29, 0.717) is 0 Å². The third-order valence-electron chi connectivity index (χ3n) is 9.02. The van der Waals surface area contributed by atoms with E-state index in [0.717, 1.165) is 39.4 Å². The lowest BCUT2D eigenvalue weighted by molar-refractivity contribution is -0.384. The number of hydrogen-bond acceptors (Lipinski definition) is 11. The van der Waals surface area contributed by atoms with E-state index in [2.05, 4.69) is 39.1 Å². The highest BCUT2D eigenvalue weighted by Gasteiger charge is 2.29. The lowest BCUT2D eigenvalue weighted by Gasteiger charge is -2.24. The average molecular weight is 775 g/mol. The Morgan fingerprint density at radius 3 is 1.64 bits per heavy atom. The van der Waals surface area contributed by atoms with Crippen LogP contribution in [0.2, 0.25) is 0 Å². The molecule has 0 saturated heterocycles. The van der Waals surface area contributed by atoms with Gasteiger partial charge in [0.25, 0.3) is 0 Å². The lowest BCUT2D eigenvalue weighted by Crippen LogP contribution is -2.57. The average Bonchev–Trinajstić information content (AvgIpc) is 3.22. The van der Waals surface area contributed by atoms with Crippen LogP contribution in [0.15, 0.2) is 127 Å². The number of nitro groups is 1. The summed E-state index contributed by atoms with van der Waals surface area (Å²) in [4.78, 5) is 62.5. The Morgan fingerprint density at radius 2 is 1.16 bits per heavy atom. The van der Waals surface area contributed by atoms with Crippen LogP contribution in [0.25, 0.3) is 22.3 Å². The molecule has 0 aliphatic rings. The lowest BCUT2D eigenvalue weighted by atomic mass is 9.98. The Balaban J connectivity index is 1.33. The predicted octanol–water partition coefficient (Wildman–Crippen LogP) is 5.15. The van der Waals surface area contributed by atoms with E-state index in [1.165, 1.54) is 6.07 Å². The number of carbonyl (C=O) groups is 3. The number of nitro benzene ring substituents is 1. The summed E-state index contributed by atoms with van der Waals surface area (Å²) in [6.45, 7) is 0.154. The van der Waals surface area contributed by atoms with Gasteiger partial charge in [-0.2, -0.15) is 12.6 Å². The number of anilines is 2. The largest absolute Gasteiger partial charge is 0.395 e. The van der Waals surface area contributed by atoms with Crippen molar-refractivity contribution in [1.82, 2.24) is 16.0 Å². The minimum absolute atomic E-state index is 0.0448. The number of nitroso groups, excluding NO2 is 1. The number of nitrogens with one attached hydrogen (secondary N) is 4. The molecule has 288 valence electrons. The molecule has 0 aliphatic heterocycles. The van der Waals surface area contributed by atoms with Crippen molar-refractivity contribution in [2.24, 2.45) is 10.9 Å². The van der Waals surface area contributed by atoms with Crippen molar-refractivity contribution in [3.05, 3.63) is 147 Å². The van der Waals surface area contributed by atoms with Crippen LogP contribution in [-0.2, 0) is 27.2 Å². The summed E-state index contributed by atoms with van der Waals surface area (Å²) in [6, 6.07) is 34.2. The molecule has 0 heterocycles. The predicted molar refractivity (Wildman–Crippen MR) is 221 cm³/mol. The molecule has 8 N–H and O–H groups in total. The zero-order valence-electron chi connectivity index (χ0n) is 30.3. The molecule has 3 atom stereocenters. The molecule has 0 aliphatic carbocycles. The number of nitrogens with two attached hydrogens (primary N) is 2. The molecule has 15 heteroatoms. The number of amides is 3. The number of benzene rings is 5. The molecule has 5 aromatic carbocycles. The second-order valence-electron chi connectivity index (χ2n) is 12.9. The highest BCUT2D eigenvalue weighted by Crippen LogP contribution is 2.38. The summed E-state index contributed by atoms with van der Waals surface area (Å²) in [5.74, 6) is -1.61. The Labute approximate surface area is 329 Å². The van der Waals surface area contributed by atoms with Gasteiger partial charge in [-0.3, -0.25) is 24.5 Å². The summed E-state index contributed by atoms with van der Waals surface area (Å²) in [6.07, 6.45) is 0.233. The molecule has 3 amide bonds. The number of carbonyl (C=O) groups excluding carboxylic acids is 3. The van der Waals surface area contributed by atoms with Crippen LogP contribution in [0.1, 0.15) is 11.1 Å². The van der Waals surface area contributed by atoms with Crippen molar-refractivity contribution in [3.63, 3.8) is 0 Å². The molecular formula is C41H42N8O6S. The fourth-order valence-electron chi connectivity index (χ4n) is 5.95. The second-order valence-corrected chi connectivity index (χ2v) is 13.3. The van der Waals surface area contributed by atoms with Gasteiger partial charge in [-0.05, 0) is 44.6 Å². The summed E-state index contributed by atoms with van der Waals surface area (Å²) >= 11 is 4.14. The van der Waals surface area contributed by atoms with E-state index in [-0.39, 0.29) is 43.1 Å². The first kappa shape index (κ1) is 40.6. The van der Waals surface area contributed by atoms with E-state index in [4.69, 9.17) is 11.5 Å². The van der Waals surface area contributed by atoms with Crippen LogP contribution in [-0.4, -0.2) is 59.6 Å². The molecule has 0 radical (unpaired) electrons. The molecule has 0 bridgehead atoms. The topological polar surface area (TPSA) is 224 Å². The van der Waals surface area contributed by atoms with Crippen molar-refractivity contribution < 1.29 is 19.3 Å². The van der Waals surface area contributed by atoms with E-state index in [1.54, 1.807) is 0 Å². The second kappa shape index (κ2) is 19.7. The van der Waals surface area contributed by atoms with Gasteiger partial charge in [0, 0.05) is 37.8 Å². The van der Waals surface area contributed by atoms with Crippen molar-refractivity contribution >= 4 is 53.1 Å². The van der Waals surface area contributed by atoms with Crippen LogP contribution in [0.4, 0.5) is 22.7 Å². The fourth-order valence-corrected chi connectivity index (χ4v) is 6.12. The number of nitrogens with zero attached hydrogens (tertiary/aromatic N) is 2. The van der Waals surface area contributed by atoms with E-state index in [9.17, 15) is 29.4 Å². The van der Waals surface area contributed by atoms with Gasteiger partial charge in [-0.25, -0.2) is 0 Å². The first-order valence-corrected chi connectivity index (χ1v) is 18.4. The molecule has 0 saturated carbocycles. The van der Waals surface area contributed by atoms with Gasteiger partial charge < -0.3 is 32.7 Å².